The Morgan fingerprint density at radius 1 is 1.18 bits per heavy atom. The van der Waals surface area contributed by atoms with E-state index in [1.807, 2.05) is 0 Å². The third kappa shape index (κ3) is 3.32. The standard InChI is InChI=1S/C16H21N3O3/c1-22-13-8-6-12(7-9-13)18-16(21)19-10-2-3-14(19)15(20)17-11-4-5-11/h6-9,11,14H,2-5,10H2,1H3,(H,17,20)(H,18,21)/t14-/m0/s1. The summed E-state index contributed by atoms with van der Waals surface area (Å²) in [5, 5.41) is 5.82. The smallest absolute Gasteiger partial charge is 0.322 e. The van der Waals surface area contributed by atoms with Crippen LogP contribution in [0.5, 0.6) is 5.75 Å². The Bertz CT molecular complexity index is 554. The summed E-state index contributed by atoms with van der Waals surface area (Å²) in [6, 6.07) is 6.89. The summed E-state index contributed by atoms with van der Waals surface area (Å²) in [6.45, 7) is 0.616. The lowest BCUT2D eigenvalue weighted by Crippen LogP contribution is -2.47. The first-order chi connectivity index (χ1) is 10.7. The Hall–Kier alpha value is -2.24. The van der Waals surface area contributed by atoms with Crippen LogP contribution >= 0.6 is 0 Å². The van der Waals surface area contributed by atoms with E-state index in [0.717, 1.165) is 31.4 Å². The molecular formula is C16H21N3O3. The van der Waals surface area contributed by atoms with Gasteiger partial charge in [-0.25, -0.2) is 4.79 Å². The van der Waals surface area contributed by atoms with Gasteiger partial charge in [-0.05, 0) is 49.9 Å². The normalized spacial score (nSPS) is 20.6. The lowest BCUT2D eigenvalue weighted by atomic mass is 10.2. The van der Waals surface area contributed by atoms with Crippen molar-refractivity contribution < 1.29 is 14.3 Å². The quantitative estimate of drug-likeness (QED) is 0.893. The maximum Gasteiger partial charge on any atom is 0.322 e. The molecule has 2 N–H and O–H groups in total. The first-order valence-electron chi connectivity index (χ1n) is 7.69. The highest BCUT2D eigenvalue weighted by Crippen LogP contribution is 2.23. The number of carbonyl (C=O) groups excluding carboxylic acids is 2. The van der Waals surface area contributed by atoms with Gasteiger partial charge in [0.25, 0.3) is 0 Å². The fraction of sp³-hybridized carbons (Fsp3) is 0.500. The van der Waals surface area contributed by atoms with Crippen LogP contribution in [0.4, 0.5) is 10.5 Å². The van der Waals surface area contributed by atoms with Crippen molar-refractivity contribution in [1.29, 1.82) is 0 Å². The molecule has 1 heterocycles. The van der Waals surface area contributed by atoms with E-state index in [4.69, 9.17) is 4.74 Å². The van der Waals surface area contributed by atoms with Gasteiger partial charge in [-0.2, -0.15) is 0 Å². The molecule has 1 aliphatic heterocycles. The summed E-state index contributed by atoms with van der Waals surface area (Å²) >= 11 is 0. The van der Waals surface area contributed by atoms with Crippen LogP contribution in [-0.4, -0.2) is 42.6 Å². The van der Waals surface area contributed by atoms with Gasteiger partial charge in [0.05, 0.1) is 7.11 Å². The van der Waals surface area contributed by atoms with E-state index in [-0.39, 0.29) is 18.0 Å². The average molecular weight is 303 g/mol. The number of benzene rings is 1. The molecule has 118 valence electrons. The Kier molecular flexibility index (Phi) is 4.18. The van der Waals surface area contributed by atoms with Crippen molar-refractivity contribution in [3.63, 3.8) is 0 Å². The number of rotatable bonds is 4. The van der Waals surface area contributed by atoms with E-state index in [9.17, 15) is 9.59 Å². The van der Waals surface area contributed by atoms with E-state index in [1.165, 1.54) is 0 Å². The minimum Gasteiger partial charge on any atom is -0.497 e. The zero-order chi connectivity index (χ0) is 15.5. The van der Waals surface area contributed by atoms with Crippen molar-refractivity contribution in [1.82, 2.24) is 10.2 Å². The molecule has 1 aromatic rings. The highest BCUT2D eigenvalue weighted by molar-refractivity contribution is 5.94. The molecule has 1 saturated carbocycles. The van der Waals surface area contributed by atoms with Gasteiger partial charge in [0.2, 0.25) is 5.91 Å². The Morgan fingerprint density at radius 2 is 1.91 bits per heavy atom. The molecule has 0 bridgehead atoms. The maximum absolute atomic E-state index is 12.4. The molecule has 3 amide bonds. The summed E-state index contributed by atoms with van der Waals surface area (Å²) in [4.78, 5) is 26.2. The van der Waals surface area contributed by atoms with Crippen molar-refractivity contribution in [3.8, 4) is 5.75 Å². The predicted octanol–water partition coefficient (Wildman–Crippen LogP) is 1.97. The topological polar surface area (TPSA) is 70.7 Å². The summed E-state index contributed by atoms with van der Waals surface area (Å²) in [5.74, 6) is 0.714. The number of carbonyl (C=O) groups is 2. The van der Waals surface area contributed by atoms with Crippen molar-refractivity contribution in [2.24, 2.45) is 0 Å². The zero-order valence-electron chi connectivity index (χ0n) is 12.7. The molecule has 2 fully saturated rings. The number of urea groups is 1. The lowest BCUT2D eigenvalue weighted by molar-refractivity contribution is -0.124. The van der Waals surface area contributed by atoms with Crippen LogP contribution < -0.4 is 15.4 Å². The monoisotopic (exact) mass is 303 g/mol. The molecule has 0 aromatic heterocycles. The van der Waals surface area contributed by atoms with Crippen molar-refractivity contribution in [2.75, 3.05) is 19.0 Å². The minimum atomic E-state index is -0.348. The average Bonchev–Trinajstić information content (AvgIpc) is 3.19. The summed E-state index contributed by atoms with van der Waals surface area (Å²) < 4.78 is 5.09. The van der Waals surface area contributed by atoms with Crippen molar-refractivity contribution in [3.05, 3.63) is 24.3 Å². The third-order valence-corrected chi connectivity index (χ3v) is 4.08. The highest BCUT2D eigenvalue weighted by atomic mass is 16.5. The number of likely N-dealkylation sites (tertiary alicyclic amines) is 1. The van der Waals surface area contributed by atoms with E-state index in [2.05, 4.69) is 10.6 Å². The summed E-state index contributed by atoms with van der Waals surface area (Å²) in [6.07, 6.45) is 3.69. The van der Waals surface area contributed by atoms with Crippen LogP contribution in [0, 0.1) is 0 Å². The van der Waals surface area contributed by atoms with Gasteiger partial charge in [-0.1, -0.05) is 0 Å². The molecule has 22 heavy (non-hydrogen) atoms. The molecular weight excluding hydrogens is 282 g/mol. The molecule has 1 atom stereocenters. The summed E-state index contributed by atoms with van der Waals surface area (Å²) in [7, 11) is 1.60. The summed E-state index contributed by atoms with van der Waals surface area (Å²) in [5.41, 5.74) is 0.694. The number of nitrogens with zero attached hydrogens (tertiary/aromatic N) is 1. The van der Waals surface area contributed by atoms with Gasteiger partial charge in [0.15, 0.2) is 0 Å². The molecule has 1 aliphatic carbocycles. The van der Waals surface area contributed by atoms with Gasteiger partial charge in [0.1, 0.15) is 11.8 Å². The van der Waals surface area contributed by atoms with Crippen LogP contribution in [-0.2, 0) is 4.79 Å². The minimum absolute atomic E-state index is 0.0233. The van der Waals surface area contributed by atoms with Gasteiger partial charge in [0, 0.05) is 18.3 Å². The number of nitrogens with one attached hydrogen (secondary N) is 2. The number of anilines is 1. The molecule has 0 spiro atoms. The number of methoxy groups -OCH3 is 1. The second-order valence-corrected chi connectivity index (χ2v) is 5.79. The first kappa shape index (κ1) is 14.7. The van der Waals surface area contributed by atoms with E-state index >= 15 is 0 Å². The van der Waals surface area contributed by atoms with Gasteiger partial charge in [-0.15, -0.1) is 0 Å². The Morgan fingerprint density at radius 3 is 2.55 bits per heavy atom. The fourth-order valence-corrected chi connectivity index (χ4v) is 2.68. The number of hydrogen-bond donors (Lipinski definition) is 2. The Labute approximate surface area is 129 Å². The van der Waals surface area contributed by atoms with Crippen molar-refractivity contribution in [2.45, 2.75) is 37.8 Å². The van der Waals surface area contributed by atoms with Crippen LogP contribution in [0.15, 0.2) is 24.3 Å². The number of ether oxygens (including phenoxy) is 1. The maximum atomic E-state index is 12.4. The predicted molar refractivity (Wildman–Crippen MR) is 82.9 cm³/mol. The molecule has 1 aromatic carbocycles. The zero-order valence-corrected chi connectivity index (χ0v) is 12.7. The van der Waals surface area contributed by atoms with E-state index in [1.54, 1.807) is 36.3 Å². The molecule has 2 aliphatic rings. The molecule has 0 unspecified atom stereocenters. The highest BCUT2D eigenvalue weighted by Gasteiger charge is 2.36. The van der Waals surface area contributed by atoms with Crippen molar-refractivity contribution >= 4 is 17.6 Å². The second-order valence-electron chi connectivity index (χ2n) is 5.79. The largest absolute Gasteiger partial charge is 0.497 e. The second kappa shape index (κ2) is 6.25. The molecule has 6 heteroatoms. The molecule has 6 nitrogen and oxygen atoms in total. The molecule has 3 rings (SSSR count). The molecule has 1 saturated heterocycles. The van der Waals surface area contributed by atoms with Gasteiger partial charge in [-0.3, -0.25) is 4.79 Å². The van der Waals surface area contributed by atoms with Crippen LogP contribution in [0.2, 0.25) is 0 Å². The first-order valence-corrected chi connectivity index (χ1v) is 7.69. The Balaban J connectivity index is 1.60. The third-order valence-electron chi connectivity index (χ3n) is 4.08. The number of amides is 3. The lowest BCUT2D eigenvalue weighted by Gasteiger charge is -2.24. The van der Waals surface area contributed by atoms with Crippen LogP contribution in [0.3, 0.4) is 0 Å². The van der Waals surface area contributed by atoms with Crippen LogP contribution in [0.25, 0.3) is 0 Å². The van der Waals surface area contributed by atoms with E-state index < -0.39 is 0 Å². The van der Waals surface area contributed by atoms with Gasteiger partial charge < -0.3 is 20.3 Å². The SMILES string of the molecule is COc1ccc(NC(=O)N2CCC[C@H]2C(=O)NC2CC2)cc1. The van der Waals surface area contributed by atoms with Crippen LogP contribution in [0.1, 0.15) is 25.7 Å². The number of hydrogen-bond acceptors (Lipinski definition) is 3. The van der Waals surface area contributed by atoms with Gasteiger partial charge >= 0.3 is 6.03 Å². The fourth-order valence-electron chi connectivity index (χ4n) is 2.68. The molecule has 0 radical (unpaired) electrons. The van der Waals surface area contributed by atoms with E-state index in [0.29, 0.717) is 18.3 Å².